The molecule has 2 aliphatic rings. The normalized spacial score (nSPS) is 18.5. The molecule has 176 valence electrons. The van der Waals surface area contributed by atoms with Gasteiger partial charge in [-0.05, 0) is 69.5 Å². The molecule has 0 radical (unpaired) electrons. The molecule has 0 spiro atoms. The van der Waals surface area contributed by atoms with Crippen molar-refractivity contribution in [1.82, 2.24) is 14.8 Å². The van der Waals surface area contributed by atoms with Crippen molar-refractivity contribution in [2.45, 2.75) is 33.2 Å². The average Bonchev–Trinajstić information content (AvgIpc) is 2.77. The van der Waals surface area contributed by atoms with E-state index in [2.05, 4.69) is 41.4 Å². The van der Waals surface area contributed by atoms with Crippen LogP contribution in [-0.4, -0.2) is 54.6 Å². The van der Waals surface area contributed by atoms with E-state index in [4.69, 9.17) is 0 Å². The van der Waals surface area contributed by atoms with Gasteiger partial charge in [-0.3, -0.25) is 9.59 Å². The number of pyridine rings is 1. The molecule has 1 aromatic heterocycles. The van der Waals surface area contributed by atoms with Gasteiger partial charge in [-0.1, -0.05) is 17.7 Å². The van der Waals surface area contributed by atoms with Gasteiger partial charge in [0.1, 0.15) is 5.56 Å². The molecule has 1 aromatic carbocycles. The zero-order valence-corrected chi connectivity index (χ0v) is 20.5. The van der Waals surface area contributed by atoms with E-state index in [1.165, 1.54) is 11.3 Å². The fraction of sp³-hybridized carbons (Fsp3) is 0.500. The first-order chi connectivity index (χ1) is 14.5. The van der Waals surface area contributed by atoms with Crippen LogP contribution in [0.3, 0.4) is 0 Å². The number of hydrogen-bond acceptors (Lipinski definition) is 4. The number of rotatable bonds is 4. The van der Waals surface area contributed by atoms with E-state index in [9.17, 15) is 9.59 Å². The van der Waals surface area contributed by atoms with Gasteiger partial charge in [0, 0.05) is 44.6 Å². The summed E-state index contributed by atoms with van der Waals surface area (Å²) in [6.45, 7) is 9.44. The van der Waals surface area contributed by atoms with Crippen LogP contribution in [0.2, 0.25) is 0 Å². The number of carbonyl (C=O) groups is 1. The van der Waals surface area contributed by atoms with Gasteiger partial charge in [-0.2, -0.15) is 0 Å². The predicted octanol–water partition coefficient (Wildman–Crippen LogP) is 3.27. The highest BCUT2D eigenvalue weighted by Gasteiger charge is 2.26. The second-order valence-electron chi connectivity index (χ2n) is 8.66. The van der Waals surface area contributed by atoms with Gasteiger partial charge in [-0.15, -0.1) is 24.8 Å². The average molecular weight is 481 g/mol. The molecule has 2 fully saturated rings. The maximum Gasteiger partial charge on any atom is 0.263 e. The molecule has 0 saturated carbocycles. The van der Waals surface area contributed by atoms with E-state index >= 15 is 0 Å². The van der Waals surface area contributed by atoms with E-state index < -0.39 is 0 Å². The molecule has 1 atom stereocenters. The van der Waals surface area contributed by atoms with Crippen LogP contribution < -0.4 is 15.8 Å². The first kappa shape index (κ1) is 26.2. The smallest absolute Gasteiger partial charge is 0.263 e. The third kappa shape index (κ3) is 5.85. The maximum atomic E-state index is 13.3. The Morgan fingerprint density at radius 3 is 2.34 bits per heavy atom. The monoisotopic (exact) mass is 480 g/mol. The van der Waals surface area contributed by atoms with Crippen molar-refractivity contribution in [2.24, 2.45) is 5.92 Å². The first-order valence-electron chi connectivity index (χ1n) is 11.0. The molecule has 3 heterocycles. The number of aryl methyl sites for hydroxylation is 2. The lowest BCUT2D eigenvalue weighted by atomic mass is 9.99. The standard InChI is InChI=1S/C24H32N4O2.2ClH/c1-18-5-7-21(8-6-18)26-12-14-27(15-13-26)23(29)22-19(2)9-11-28(24(22)30)17-20-4-3-10-25-16-20;;/h5-9,11,20,25H,3-4,10,12-17H2,1-2H3;2*1H. The lowest BCUT2D eigenvalue weighted by Crippen LogP contribution is -2.50. The van der Waals surface area contributed by atoms with Crippen LogP contribution in [0.15, 0.2) is 41.3 Å². The van der Waals surface area contributed by atoms with Crippen LogP contribution in [0.25, 0.3) is 0 Å². The topological polar surface area (TPSA) is 57.6 Å². The van der Waals surface area contributed by atoms with E-state index in [0.29, 0.717) is 31.1 Å². The van der Waals surface area contributed by atoms with Crippen LogP contribution in [0.1, 0.15) is 34.3 Å². The number of nitrogens with zero attached hydrogens (tertiary/aromatic N) is 3. The summed E-state index contributed by atoms with van der Waals surface area (Å²) in [7, 11) is 0. The number of hydrogen-bond donors (Lipinski definition) is 1. The molecule has 2 aliphatic heterocycles. The molecule has 1 N–H and O–H groups in total. The summed E-state index contributed by atoms with van der Waals surface area (Å²) in [5, 5.41) is 3.40. The van der Waals surface area contributed by atoms with E-state index in [0.717, 1.165) is 44.6 Å². The van der Waals surface area contributed by atoms with Crippen molar-refractivity contribution in [3.8, 4) is 0 Å². The highest BCUT2D eigenvalue weighted by molar-refractivity contribution is 5.95. The van der Waals surface area contributed by atoms with Gasteiger partial charge in [0.25, 0.3) is 11.5 Å². The molecule has 0 aliphatic carbocycles. The van der Waals surface area contributed by atoms with Gasteiger partial charge < -0.3 is 19.7 Å². The SMILES string of the molecule is Cc1ccc(N2CCN(C(=O)c3c(C)ccn(CC4CCCNC4)c3=O)CC2)cc1.Cl.Cl. The molecule has 1 amide bonds. The van der Waals surface area contributed by atoms with Crippen LogP contribution in [0, 0.1) is 19.8 Å². The molecule has 2 saturated heterocycles. The zero-order valence-electron chi connectivity index (χ0n) is 18.9. The summed E-state index contributed by atoms with van der Waals surface area (Å²) in [6, 6.07) is 10.4. The minimum atomic E-state index is -0.147. The lowest BCUT2D eigenvalue weighted by Gasteiger charge is -2.36. The Kier molecular flexibility index (Phi) is 9.62. The number of piperazine rings is 1. The Morgan fingerprint density at radius 2 is 1.72 bits per heavy atom. The molecule has 8 heteroatoms. The highest BCUT2D eigenvalue weighted by atomic mass is 35.5. The van der Waals surface area contributed by atoms with E-state index in [1.54, 1.807) is 4.57 Å². The first-order valence-corrected chi connectivity index (χ1v) is 11.0. The Labute approximate surface area is 202 Å². The van der Waals surface area contributed by atoms with Crippen LogP contribution in [0.5, 0.6) is 0 Å². The number of aromatic nitrogens is 1. The van der Waals surface area contributed by atoms with Crippen LogP contribution >= 0.6 is 24.8 Å². The second kappa shape index (κ2) is 11.7. The quantitative estimate of drug-likeness (QED) is 0.729. The number of anilines is 1. The number of nitrogens with one attached hydrogen (secondary N) is 1. The summed E-state index contributed by atoms with van der Waals surface area (Å²) in [4.78, 5) is 30.5. The predicted molar refractivity (Wildman–Crippen MR) is 135 cm³/mol. The van der Waals surface area contributed by atoms with Gasteiger partial charge in [0.15, 0.2) is 0 Å². The number of amides is 1. The van der Waals surface area contributed by atoms with Crippen LogP contribution in [0.4, 0.5) is 5.69 Å². The van der Waals surface area contributed by atoms with Gasteiger partial charge in [0.05, 0.1) is 0 Å². The molecule has 32 heavy (non-hydrogen) atoms. The van der Waals surface area contributed by atoms with Crippen molar-refractivity contribution in [3.05, 3.63) is 63.6 Å². The number of carbonyl (C=O) groups excluding carboxylic acids is 1. The van der Waals surface area contributed by atoms with Crippen molar-refractivity contribution in [2.75, 3.05) is 44.2 Å². The molecule has 2 aromatic rings. The third-order valence-corrected chi connectivity index (χ3v) is 6.41. The summed E-state index contributed by atoms with van der Waals surface area (Å²) >= 11 is 0. The summed E-state index contributed by atoms with van der Waals surface area (Å²) < 4.78 is 1.74. The Morgan fingerprint density at radius 1 is 1.03 bits per heavy atom. The van der Waals surface area contributed by atoms with Crippen molar-refractivity contribution in [1.29, 1.82) is 0 Å². The Balaban J connectivity index is 0.00000181. The number of piperidine rings is 1. The van der Waals surface area contributed by atoms with Gasteiger partial charge in [-0.25, -0.2) is 0 Å². The molecule has 0 bridgehead atoms. The lowest BCUT2D eigenvalue weighted by molar-refractivity contribution is 0.0743. The minimum absolute atomic E-state index is 0. The molecule has 1 unspecified atom stereocenters. The Hall–Kier alpha value is -2.02. The van der Waals surface area contributed by atoms with Crippen molar-refractivity contribution in [3.63, 3.8) is 0 Å². The van der Waals surface area contributed by atoms with Crippen LogP contribution in [-0.2, 0) is 6.54 Å². The third-order valence-electron chi connectivity index (χ3n) is 6.41. The number of benzene rings is 1. The Bertz CT molecular complexity index is 947. The van der Waals surface area contributed by atoms with Gasteiger partial charge >= 0.3 is 0 Å². The summed E-state index contributed by atoms with van der Waals surface area (Å²) in [5.41, 5.74) is 3.39. The molecule has 4 rings (SSSR count). The second-order valence-corrected chi connectivity index (χ2v) is 8.66. The fourth-order valence-corrected chi connectivity index (χ4v) is 4.51. The van der Waals surface area contributed by atoms with E-state index in [1.807, 2.05) is 24.1 Å². The van der Waals surface area contributed by atoms with Crippen molar-refractivity contribution >= 4 is 36.4 Å². The van der Waals surface area contributed by atoms with Gasteiger partial charge in [0.2, 0.25) is 0 Å². The maximum absolute atomic E-state index is 13.3. The molecular weight excluding hydrogens is 447 g/mol. The number of halogens is 2. The molecule has 6 nitrogen and oxygen atoms in total. The molecular formula is C24H34Cl2N4O2. The minimum Gasteiger partial charge on any atom is -0.368 e. The van der Waals surface area contributed by atoms with Crippen molar-refractivity contribution < 1.29 is 4.79 Å². The largest absolute Gasteiger partial charge is 0.368 e. The highest BCUT2D eigenvalue weighted by Crippen LogP contribution is 2.18. The van der Waals surface area contributed by atoms with E-state index in [-0.39, 0.29) is 36.3 Å². The fourth-order valence-electron chi connectivity index (χ4n) is 4.51. The zero-order chi connectivity index (χ0) is 21.1. The summed E-state index contributed by atoms with van der Waals surface area (Å²) in [5.74, 6) is 0.317. The summed E-state index contributed by atoms with van der Waals surface area (Å²) in [6.07, 6.45) is 4.11.